The van der Waals surface area contributed by atoms with Crippen LogP contribution < -0.4 is 10.2 Å². The molecule has 8 heteroatoms. The SMILES string of the molecule is CN(C)c1noc(C2CCN(C(=O)Nc3cccc(I)c3)CC2)n1. The summed E-state index contributed by atoms with van der Waals surface area (Å²) in [6, 6.07) is 7.71. The molecule has 3 rings (SSSR count). The van der Waals surface area contributed by atoms with Crippen LogP contribution in [0.2, 0.25) is 0 Å². The molecule has 2 aromatic rings. The van der Waals surface area contributed by atoms with Crippen LogP contribution in [0.4, 0.5) is 16.4 Å². The molecule has 7 nitrogen and oxygen atoms in total. The highest BCUT2D eigenvalue weighted by molar-refractivity contribution is 14.1. The first-order valence-corrected chi connectivity index (χ1v) is 8.93. The van der Waals surface area contributed by atoms with Crippen molar-refractivity contribution >= 4 is 40.3 Å². The molecular weight excluding hydrogens is 421 g/mol. The van der Waals surface area contributed by atoms with Gasteiger partial charge in [0.1, 0.15) is 0 Å². The molecule has 24 heavy (non-hydrogen) atoms. The van der Waals surface area contributed by atoms with E-state index in [9.17, 15) is 4.79 Å². The molecule has 1 fully saturated rings. The molecule has 1 N–H and O–H groups in total. The number of nitrogens with zero attached hydrogens (tertiary/aromatic N) is 4. The van der Waals surface area contributed by atoms with E-state index in [1.807, 2.05) is 48.2 Å². The zero-order valence-corrected chi connectivity index (χ0v) is 15.9. The third kappa shape index (κ3) is 3.97. The van der Waals surface area contributed by atoms with Crippen LogP contribution in [0.25, 0.3) is 0 Å². The second-order valence-electron chi connectivity index (χ2n) is 6.03. The first-order valence-electron chi connectivity index (χ1n) is 7.85. The largest absolute Gasteiger partial charge is 0.344 e. The van der Waals surface area contributed by atoms with Crippen LogP contribution in [0.5, 0.6) is 0 Å². The van der Waals surface area contributed by atoms with Gasteiger partial charge in [0.05, 0.1) is 0 Å². The second kappa shape index (κ2) is 7.37. The number of urea groups is 1. The summed E-state index contributed by atoms with van der Waals surface area (Å²) < 4.78 is 6.44. The fourth-order valence-corrected chi connectivity index (χ4v) is 3.22. The van der Waals surface area contributed by atoms with Crippen LogP contribution in [0.1, 0.15) is 24.7 Å². The maximum Gasteiger partial charge on any atom is 0.321 e. The average Bonchev–Trinajstić information content (AvgIpc) is 3.05. The number of likely N-dealkylation sites (tertiary alicyclic amines) is 1. The molecule has 1 aliphatic heterocycles. The van der Waals surface area contributed by atoms with Crippen LogP contribution in [0.15, 0.2) is 28.8 Å². The molecule has 1 aliphatic rings. The van der Waals surface area contributed by atoms with E-state index in [1.165, 1.54) is 0 Å². The molecule has 0 spiro atoms. The van der Waals surface area contributed by atoms with E-state index < -0.39 is 0 Å². The van der Waals surface area contributed by atoms with E-state index >= 15 is 0 Å². The number of rotatable bonds is 3. The number of hydrogen-bond donors (Lipinski definition) is 1. The summed E-state index contributed by atoms with van der Waals surface area (Å²) in [5, 5.41) is 6.91. The fraction of sp³-hybridized carbons (Fsp3) is 0.438. The van der Waals surface area contributed by atoms with Gasteiger partial charge in [-0.25, -0.2) is 4.79 Å². The number of carbonyl (C=O) groups is 1. The molecule has 0 saturated carbocycles. The molecular formula is C16H20IN5O2. The molecule has 0 atom stereocenters. The number of piperidine rings is 1. The van der Waals surface area contributed by atoms with Crippen LogP contribution >= 0.6 is 22.6 Å². The Morgan fingerprint density at radius 1 is 1.38 bits per heavy atom. The van der Waals surface area contributed by atoms with Gasteiger partial charge in [-0.1, -0.05) is 6.07 Å². The lowest BCUT2D eigenvalue weighted by Gasteiger charge is -2.30. The van der Waals surface area contributed by atoms with Crippen LogP contribution in [0.3, 0.4) is 0 Å². The van der Waals surface area contributed by atoms with Gasteiger partial charge in [0, 0.05) is 42.4 Å². The number of carbonyl (C=O) groups excluding carboxylic acids is 1. The fourth-order valence-electron chi connectivity index (χ4n) is 2.67. The Hall–Kier alpha value is -1.84. The minimum Gasteiger partial charge on any atom is -0.344 e. The Balaban J connectivity index is 1.55. The van der Waals surface area contributed by atoms with Crippen molar-refractivity contribution in [2.75, 3.05) is 37.4 Å². The quantitative estimate of drug-likeness (QED) is 0.741. The number of nitrogens with one attached hydrogen (secondary N) is 1. The molecule has 0 bridgehead atoms. The summed E-state index contributed by atoms with van der Waals surface area (Å²) in [5.74, 6) is 1.47. The molecule has 0 radical (unpaired) electrons. The summed E-state index contributed by atoms with van der Waals surface area (Å²) in [5.41, 5.74) is 0.821. The van der Waals surface area contributed by atoms with Crippen molar-refractivity contribution in [2.45, 2.75) is 18.8 Å². The average molecular weight is 441 g/mol. The lowest BCUT2D eigenvalue weighted by Crippen LogP contribution is -2.40. The van der Waals surface area contributed by atoms with E-state index in [0.29, 0.717) is 24.9 Å². The zero-order valence-electron chi connectivity index (χ0n) is 13.7. The van der Waals surface area contributed by atoms with Crippen molar-refractivity contribution in [3.63, 3.8) is 0 Å². The molecule has 0 unspecified atom stereocenters. The number of hydrogen-bond acceptors (Lipinski definition) is 5. The Kier molecular flexibility index (Phi) is 5.22. The van der Waals surface area contributed by atoms with E-state index in [4.69, 9.17) is 4.52 Å². The summed E-state index contributed by atoms with van der Waals surface area (Å²) in [7, 11) is 3.76. The third-order valence-corrected chi connectivity index (χ3v) is 4.71. The third-order valence-electron chi connectivity index (χ3n) is 4.04. The van der Waals surface area contributed by atoms with Crippen LogP contribution in [0, 0.1) is 3.57 Å². The molecule has 1 saturated heterocycles. The maximum atomic E-state index is 12.4. The highest BCUT2D eigenvalue weighted by Crippen LogP contribution is 2.28. The molecule has 128 valence electrons. The highest BCUT2D eigenvalue weighted by Gasteiger charge is 2.27. The van der Waals surface area contributed by atoms with Gasteiger partial charge >= 0.3 is 6.03 Å². The topological polar surface area (TPSA) is 74.5 Å². The van der Waals surface area contributed by atoms with Gasteiger partial charge in [0.25, 0.3) is 5.95 Å². The molecule has 1 aromatic heterocycles. The van der Waals surface area contributed by atoms with E-state index in [-0.39, 0.29) is 11.9 Å². The molecule has 1 aromatic carbocycles. The summed E-state index contributed by atoms with van der Waals surface area (Å²) >= 11 is 2.23. The van der Waals surface area contributed by atoms with Gasteiger partial charge in [0.2, 0.25) is 5.89 Å². The van der Waals surface area contributed by atoms with Crippen molar-refractivity contribution in [3.8, 4) is 0 Å². The number of benzene rings is 1. The molecule has 2 heterocycles. The maximum absolute atomic E-state index is 12.4. The Morgan fingerprint density at radius 3 is 2.75 bits per heavy atom. The van der Waals surface area contributed by atoms with Crippen LogP contribution in [-0.2, 0) is 0 Å². The van der Waals surface area contributed by atoms with Gasteiger partial charge in [-0.2, -0.15) is 4.98 Å². The summed E-state index contributed by atoms with van der Waals surface area (Å²) in [4.78, 5) is 20.4. The number of halogens is 1. The lowest BCUT2D eigenvalue weighted by molar-refractivity contribution is 0.187. The minimum absolute atomic E-state index is 0.0602. The standard InChI is InChI=1S/C16H20IN5O2/c1-21(2)15-19-14(24-20-15)11-6-8-22(9-7-11)16(23)18-13-5-3-4-12(17)10-13/h3-5,10-11H,6-9H2,1-2H3,(H,18,23). The predicted molar refractivity (Wildman–Crippen MR) is 100 cm³/mol. The predicted octanol–water partition coefficient (Wildman–Crippen LogP) is 3.15. The Morgan fingerprint density at radius 2 is 2.12 bits per heavy atom. The summed E-state index contributed by atoms with van der Waals surface area (Å²) in [6.45, 7) is 1.36. The molecule has 2 amide bonds. The first kappa shape index (κ1) is 17.0. The van der Waals surface area contributed by atoms with Gasteiger partial charge in [-0.15, -0.1) is 0 Å². The Bertz CT molecular complexity index is 710. The monoisotopic (exact) mass is 441 g/mol. The van der Waals surface area contributed by atoms with Gasteiger partial charge < -0.3 is 19.6 Å². The minimum atomic E-state index is -0.0602. The van der Waals surface area contributed by atoms with E-state index in [1.54, 1.807) is 0 Å². The number of aromatic nitrogens is 2. The van der Waals surface area contributed by atoms with Crippen molar-refractivity contribution < 1.29 is 9.32 Å². The zero-order chi connectivity index (χ0) is 17.1. The van der Waals surface area contributed by atoms with Crippen molar-refractivity contribution in [3.05, 3.63) is 33.7 Å². The Labute approximate surface area is 154 Å². The molecule has 0 aliphatic carbocycles. The first-order chi connectivity index (χ1) is 11.5. The smallest absolute Gasteiger partial charge is 0.321 e. The van der Waals surface area contributed by atoms with Crippen molar-refractivity contribution in [1.82, 2.24) is 15.0 Å². The highest BCUT2D eigenvalue weighted by atomic mass is 127. The van der Waals surface area contributed by atoms with Gasteiger partial charge in [-0.05, 0) is 58.8 Å². The van der Waals surface area contributed by atoms with Gasteiger partial charge in [0.15, 0.2) is 0 Å². The lowest BCUT2D eigenvalue weighted by atomic mass is 9.97. The number of amides is 2. The van der Waals surface area contributed by atoms with E-state index in [0.717, 1.165) is 22.1 Å². The van der Waals surface area contributed by atoms with Crippen molar-refractivity contribution in [2.24, 2.45) is 0 Å². The van der Waals surface area contributed by atoms with E-state index in [2.05, 4.69) is 38.0 Å². The summed E-state index contributed by atoms with van der Waals surface area (Å²) in [6.07, 6.45) is 1.66. The van der Waals surface area contributed by atoms with Gasteiger partial charge in [-0.3, -0.25) is 0 Å². The second-order valence-corrected chi connectivity index (χ2v) is 7.27. The number of anilines is 2. The normalized spacial score (nSPS) is 15.4. The van der Waals surface area contributed by atoms with Crippen molar-refractivity contribution in [1.29, 1.82) is 0 Å². The van der Waals surface area contributed by atoms with Crippen LogP contribution in [-0.4, -0.2) is 48.3 Å².